The van der Waals surface area contributed by atoms with Crippen LogP contribution in [-0.4, -0.2) is 86.5 Å². The maximum absolute atomic E-state index is 14.1. The highest BCUT2D eigenvalue weighted by atomic mass is 31.2. The molecular formula is C10H20BF2O11P3. The minimum Gasteiger partial charge on any atom is -0.388 e. The van der Waals surface area contributed by atoms with E-state index in [2.05, 4.69) is 10.8 Å². The first kappa shape index (κ1) is 25.4. The monoisotopic (exact) mass is 458 g/mol. The molecule has 6 N–H and O–H groups in total. The normalized spacial score (nSPS) is 32.4. The van der Waals surface area contributed by atoms with Crippen molar-refractivity contribution < 1.29 is 61.3 Å². The Labute approximate surface area is 154 Å². The molecule has 0 bridgehead atoms. The maximum atomic E-state index is 14.1. The van der Waals surface area contributed by atoms with E-state index in [1.54, 1.807) is 0 Å². The number of rotatable bonds is 9. The van der Waals surface area contributed by atoms with Gasteiger partial charge in [-0.2, -0.15) is 8.78 Å². The Hall–Kier alpha value is 0.325. The molecule has 1 heterocycles. The standard InChI is InChI=1S/C10H20BF2O11P3/c1-22-25(2,15)24-7-6(14)8(11)23-9(7,3-4-26(16,17)18)5-10(12,13)27(19,20)21/h6-8,14-15H,2-5H2,1H3,(H2,16,17,18)(H2,19,20,21)/t6-,7?,8+,9+,25?/m0/s1. The maximum Gasteiger partial charge on any atom is 0.394 e. The fourth-order valence-electron chi connectivity index (χ4n) is 2.50. The quantitative estimate of drug-likeness (QED) is 0.195. The Morgan fingerprint density at radius 3 is 2.19 bits per heavy atom. The van der Waals surface area contributed by atoms with Crippen molar-refractivity contribution in [2.24, 2.45) is 0 Å². The lowest BCUT2D eigenvalue weighted by Gasteiger charge is -2.38. The van der Waals surface area contributed by atoms with Gasteiger partial charge < -0.3 is 43.4 Å². The van der Waals surface area contributed by atoms with Crippen LogP contribution in [-0.2, 0) is 22.9 Å². The van der Waals surface area contributed by atoms with Crippen molar-refractivity contribution in [3.8, 4) is 0 Å². The summed E-state index contributed by atoms with van der Waals surface area (Å²) in [7, 11) is -8.39. The van der Waals surface area contributed by atoms with Crippen LogP contribution >= 0.6 is 22.8 Å². The second kappa shape index (κ2) is 8.22. The molecule has 0 aromatic rings. The number of halogens is 2. The number of aliphatic hydroxyl groups is 1. The van der Waals surface area contributed by atoms with Crippen molar-refractivity contribution >= 4 is 36.9 Å². The van der Waals surface area contributed by atoms with Crippen LogP contribution in [0.25, 0.3) is 0 Å². The minimum absolute atomic E-state index is 0.938. The Morgan fingerprint density at radius 1 is 1.26 bits per heavy atom. The summed E-state index contributed by atoms with van der Waals surface area (Å²) >= 11 is 0. The van der Waals surface area contributed by atoms with Gasteiger partial charge in [0.25, 0.3) is 0 Å². The summed E-state index contributed by atoms with van der Waals surface area (Å²) in [4.78, 5) is 45.7. The van der Waals surface area contributed by atoms with Crippen molar-refractivity contribution in [3.63, 3.8) is 0 Å². The van der Waals surface area contributed by atoms with Gasteiger partial charge in [-0.3, -0.25) is 9.13 Å². The Morgan fingerprint density at radius 2 is 1.78 bits per heavy atom. The average molecular weight is 458 g/mol. The SMILES string of the molecule is [B][C@@H]1O[C@](CCP(=O)(O)O)(CC(F)(F)P(=O)(O)O)C(OP(=C)(O)OC)[C@@H]1O. The first-order valence-electron chi connectivity index (χ1n) is 7.16. The second-order valence-corrected chi connectivity index (χ2v) is 11.4. The first-order chi connectivity index (χ1) is 11.9. The zero-order valence-corrected chi connectivity index (χ0v) is 16.6. The summed E-state index contributed by atoms with van der Waals surface area (Å²) in [5, 5.41) is 10.1. The lowest BCUT2D eigenvalue weighted by molar-refractivity contribution is -0.113. The van der Waals surface area contributed by atoms with E-state index in [1.807, 2.05) is 0 Å². The fraction of sp³-hybridized carbons (Fsp3) is 0.900. The van der Waals surface area contributed by atoms with Crippen LogP contribution in [0.1, 0.15) is 12.8 Å². The molecule has 1 rings (SSSR count). The van der Waals surface area contributed by atoms with Crippen LogP contribution in [0.4, 0.5) is 8.78 Å². The van der Waals surface area contributed by atoms with E-state index in [0.717, 1.165) is 7.11 Å². The number of hydrogen-bond acceptors (Lipinski definition) is 7. The summed E-state index contributed by atoms with van der Waals surface area (Å²) in [6.45, 7) is 0. The molecule has 158 valence electrons. The van der Waals surface area contributed by atoms with Gasteiger partial charge in [-0.1, -0.05) is 0 Å². The van der Waals surface area contributed by atoms with E-state index in [0.29, 0.717) is 0 Å². The minimum atomic E-state index is -6.04. The summed E-state index contributed by atoms with van der Waals surface area (Å²) in [5.41, 5.74) is -7.30. The number of aliphatic hydroxyl groups excluding tert-OH is 1. The molecule has 27 heavy (non-hydrogen) atoms. The molecule has 2 radical (unpaired) electrons. The smallest absolute Gasteiger partial charge is 0.388 e. The highest BCUT2D eigenvalue weighted by Crippen LogP contribution is 2.60. The summed E-state index contributed by atoms with van der Waals surface area (Å²) < 4.78 is 65.1. The van der Waals surface area contributed by atoms with Gasteiger partial charge in [-0.05, 0) is 12.7 Å². The van der Waals surface area contributed by atoms with Crippen molar-refractivity contribution in [3.05, 3.63) is 0 Å². The van der Waals surface area contributed by atoms with Gasteiger partial charge in [-0.25, -0.2) is 0 Å². The number of ether oxygens (including phenoxy) is 1. The van der Waals surface area contributed by atoms with Gasteiger partial charge in [0.2, 0.25) is 7.57 Å². The highest BCUT2D eigenvalue weighted by Gasteiger charge is 2.63. The molecule has 2 unspecified atom stereocenters. The van der Waals surface area contributed by atoms with Crippen LogP contribution in [0.15, 0.2) is 0 Å². The van der Waals surface area contributed by atoms with Crippen LogP contribution < -0.4 is 0 Å². The predicted octanol–water partition coefficient (Wildman–Crippen LogP) is -0.442. The third-order valence-corrected chi connectivity index (χ3v) is 6.81. The lowest BCUT2D eigenvalue weighted by Crippen LogP contribution is -2.49. The number of hydrogen-bond donors (Lipinski definition) is 6. The molecule has 17 heteroatoms. The molecule has 1 saturated heterocycles. The molecule has 1 aliphatic rings. The van der Waals surface area contributed by atoms with E-state index in [1.165, 1.54) is 0 Å². The van der Waals surface area contributed by atoms with Gasteiger partial charge in [0.15, 0.2) is 0 Å². The van der Waals surface area contributed by atoms with E-state index in [9.17, 15) is 27.9 Å². The van der Waals surface area contributed by atoms with E-state index in [4.69, 9.17) is 36.7 Å². The van der Waals surface area contributed by atoms with Gasteiger partial charge in [-0.15, -0.1) is 0 Å². The topological polar surface area (TPSA) is 183 Å². The van der Waals surface area contributed by atoms with Crippen molar-refractivity contribution in [1.82, 2.24) is 0 Å². The Bertz CT molecular complexity index is 681. The fourth-order valence-corrected chi connectivity index (χ4v) is 4.40. The number of alkyl halides is 2. The predicted molar refractivity (Wildman–Crippen MR) is 90.6 cm³/mol. The van der Waals surface area contributed by atoms with Crippen molar-refractivity contribution in [1.29, 1.82) is 0 Å². The lowest BCUT2D eigenvalue weighted by atomic mass is 9.86. The first-order valence-corrected chi connectivity index (χ1v) is 12.3. The van der Waals surface area contributed by atoms with Gasteiger partial charge in [0, 0.05) is 13.1 Å². The third-order valence-electron chi connectivity index (χ3n) is 3.86. The molecule has 1 aliphatic heterocycles. The molecule has 5 atom stereocenters. The summed E-state index contributed by atoms with van der Waals surface area (Å²) in [5.74, 6) is 0. The van der Waals surface area contributed by atoms with E-state index < -0.39 is 71.2 Å². The molecule has 0 amide bonds. The van der Waals surface area contributed by atoms with Crippen molar-refractivity contribution in [2.45, 2.75) is 42.3 Å². The molecule has 0 aliphatic carbocycles. The van der Waals surface area contributed by atoms with Crippen molar-refractivity contribution in [2.75, 3.05) is 13.3 Å². The van der Waals surface area contributed by atoms with Crippen LogP contribution in [0.3, 0.4) is 0 Å². The largest absolute Gasteiger partial charge is 0.394 e. The van der Waals surface area contributed by atoms with Crippen LogP contribution in [0.5, 0.6) is 0 Å². The average Bonchev–Trinajstić information content (AvgIpc) is 2.68. The zero-order chi connectivity index (χ0) is 21.5. The molecule has 1 fully saturated rings. The van der Waals surface area contributed by atoms with Gasteiger partial charge in [0.05, 0.1) is 12.6 Å². The molecule has 0 saturated carbocycles. The molecule has 0 aromatic carbocycles. The third kappa shape index (κ3) is 6.40. The molecular weight excluding hydrogens is 438 g/mol. The summed E-state index contributed by atoms with van der Waals surface area (Å²) in [6.07, 6.45) is -4.55. The molecule has 0 spiro atoms. The van der Waals surface area contributed by atoms with Crippen LogP contribution in [0.2, 0.25) is 0 Å². The molecule has 0 aromatic heterocycles. The highest BCUT2D eigenvalue weighted by molar-refractivity contribution is 7.58. The zero-order valence-electron chi connectivity index (χ0n) is 14.0. The molecule has 11 nitrogen and oxygen atoms in total. The Balaban J connectivity index is 3.41. The van der Waals surface area contributed by atoms with Crippen LogP contribution in [0, 0.1) is 0 Å². The second-order valence-electron chi connectivity index (χ2n) is 6.01. The van der Waals surface area contributed by atoms with Gasteiger partial charge >= 0.3 is 20.9 Å². The summed E-state index contributed by atoms with van der Waals surface area (Å²) in [6, 6.07) is -1.73. The van der Waals surface area contributed by atoms with E-state index >= 15 is 0 Å². The van der Waals surface area contributed by atoms with Gasteiger partial charge in [0.1, 0.15) is 25.7 Å². The Kier molecular flexibility index (Phi) is 7.72. The van der Waals surface area contributed by atoms with E-state index in [-0.39, 0.29) is 0 Å².